The molecule has 96 valence electrons. The van der Waals surface area contributed by atoms with E-state index in [1.165, 1.54) is 5.56 Å². The minimum Gasteiger partial charge on any atom is -0.496 e. The lowest BCUT2D eigenvalue weighted by Crippen LogP contribution is -2.27. The molecule has 0 aromatic heterocycles. The van der Waals surface area contributed by atoms with Crippen LogP contribution >= 0.6 is 11.8 Å². The van der Waals surface area contributed by atoms with Crippen LogP contribution in [0.1, 0.15) is 25.5 Å². The van der Waals surface area contributed by atoms with Gasteiger partial charge >= 0.3 is 0 Å². The smallest absolute Gasteiger partial charge is 0.132 e. The summed E-state index contributed by atoms with van der Waals surface area (Å²) in [7, 11) is 1.69. The number of thioether (sulfide) groups is 1. The molecule has 0 aliphatic heterocycles. The summed E-state index contributed by atoms with van der Waals surface area (Å²) in [5, 5.41) is 12.5. The van der Waals surface area contributed by atoms with Crippen LogP contribution in [0.25, 0.3) is 0 Å². The predicted octanol–water partition coefficient (Wildman–Crippen LogP) is 2.45. The lowest BCUT2D eigenvalue weighted by Gasteiger charge is -2.17. The molecule has 2 unspecified atom stereocenters. The van der Waals surface area contributed by atoms with Gasteiger partial charge in [-0.25, -0.2) is 0 Å². The van der Waals surface area contributed by atoms with E-state index in [0.717, 1.165) is 10.6 Å². The standard InChI is InChI=1S/C13H21NO2S/c1-9(15)8-14-10(2)11-5-6-13(17-4)12(7-11)16-3/h5-7,9-10,14-15H,8H2,1-4H3. The van der Waals surface area contributed by atoms with E-state index >= 15 is 0 Å². The van der Waals surface area contributed by atoms with Gasteiger partial charge in [-0.05, 0) is 37.8 Å². The maximum absolute atomic E-state index is 9.24. The molecule has 0 bridgehead atoms. The highest BCUT2D eigenvalue weighted by molar-refractivity contribution is 7.98. The first-order valence-electron chi connectivity index (χ1n) is 5.71. The molecule has 0 aliphatic rings. The Bertz CT molecular complexity index is 355. The number of rotatable bonds is 6. The Labute approximate surface area is 108 Å². The van der Waals surface area contributed by atoms with Crippen LogP contribution in [-0.2, 0) is 0 Å². The molecule has 0 heterocycles. The molecular formula is C13H21NO2S. The summed E-state index contributed by atoms with van der Waals surface area (Å²) in [6.07, 6.45) is 1.71. The van der Waals surface area contributed by atoms with Crippen molar-refractivity contribution in [1.82, 2.24) is 5.32 Å². The number of hydrogen-bond donors (Lipinski definition) is 2. The lowest BCUT2D eigenvalue weighted by atomic mass is 10.1. The summed E-state index contributed by atoms with van der Waals surface area (Å²) in [4.78, 5) is 1.14. The third kappa shape index (κ3) is 4.22. The van der Waals surface area contributed by atoms with Crippen molar-refractivity contribution in [2.45, 2.75) is 30.9 Å². The van der Waals surface area contributed by atoms with Crippen molar-refractivity contribution in [3.05, 3.63) is 23.8 Å². The number of methoxy groups -OCH3 is 1. The average Bonchev–Trinajstić information content (AvgIpc) is 2.34. The molecule has 0 radical (unpaired) electrons. The Kier molecular flexibility index (Phi) is 5.82. The molecule has 0 saturated heterocycles. The summed E-state index contributed by atoms with van der Waals surface area (Å²) in [6.45, 7) is 4.45. The molecule has 0 saturated carbocycles. The second-order valence-corrected chi connectivity index (χ2v) is 4.94. The second kappa shape index (κ2) is 6.89. The van der Waals surface area contributed by atoms with Gasteiger partial charge in [0.25, 0.3) is 0 Å². The van der Waals surface area contributed by atoms with Crippen LogP contribution < -0.4 is 10.1 Å². The Morgan fingerprint density at radius 1 is 1.41 bits per heavy atom. The minimum atomic E-state index is -0.329. The second-order valence-electron chi connectivity index (χ2n) is 4.09. The Hall–Kier alpha value is -0.710. The van der Waals surface area contributed by atoms with Gasteiger partial charge in [0.15, 0.2) is 0 Å². The number of benzene rings is 1. The average molecular weight is 255 g/mol. The lowest BCUT2D eigenvalue weighted by molar-refractivity contribution is 0.187. The monoisotopic (exact) mass is 255 g/mol. The molecule has 1 aromatic rings. The molecule has 3 nitrogen and oxygen atoms in total. The van der Waals surface area contributed by atoms with Crippen molar-refractivity contribution in [3.8, 4) is 5.75 Å². The first-order chi connectivity index (χ1) is 8.08. The number of ether oxygens (including phenoxy) is 1. The van der Waals surface area contributed by atoms with E-state index in [2.05, 4.69) is 24.4 Å². The molecule has 0 fully saturated rings. The SMILES string of the molecule is COc1cc(C(C)NCC(C)O)ccc1SC. The van der Waals surface area contributed by atoms with Gasteiger partial charge in [0.05, 0.1) is 13.2 Å². The summed E-state index contributed by atoms with van der Waals surface area (Å²) in [5.41, 5.74) is 1.17. The number of nitrogens with one attached hydrogen (secondary N) is 1. The Morgan fingerprint density at radius 3 is 2.65 bits per heavy atom. The minimum absolute atomic E-state index is 0.203. The van der Waals surface area contributed by atoms with E-state index in [4.69, 9.17) is 4.74 Å². The summed E-state index contributed by atoms with van der Waals surface area (Å²) >= 11 is 1.67. The van der Waals surface area contributed by atoms with E-state index in [1.807, 2.05) is 12.3 Å². The normalized spacial score (nSPS) is 14.4. The quantitative estimate of drug-likeness (QED) is 0.766. The van der Waals surface area contributed by atoms with Crippen molar-refractivity contribution >= 4 is 11.8 Å². The highest BCUT2D eigenvalue weighted by atomic mass is 32.2. The molecule has 2 N–H and O–H groups in total. The van der Waals surface area contributed by atoms with Crippen LogP contribution in [0.4, 0.5) is 0 Å². The summed E-state index contributed by atoms with van der Waals surface area (Å²) < 4.78 is 5.35. The van der Waals surface area contributed by atoms with Gasteiger partial charge in [0.2, 0.25) is 0 Å². The highest BCUT2D eigenvalue weighted by Crippen LogP contribution is 2.30. The van der Waals surface area contributed by atoms with E-state index in [0.29, 0.717) is 6.54 Å². The third-order valence-corrected chi connectivity index (χ3v) is 3.40. The highest BCUT2D eigenvalue weighted by Gasteiger charge is 2.09. The van der Waals surface area contributed by atoms with E-state index in [-0.39, 0.29) is 12.1 Å². The van der Waals surface area contributed by atoms with Crippen LogP contribution in [0.3, 0.4) is 0 Å². The van der Waals surface area contributed by atoms with Gasteiger partial charge in [-0.2, -0.15) is 0 Å². The number of aliphatic hydroxyl groups excluding tert-OH is 1. The van der Waals surface area contributed by atoms with E-state index in [1.54, 1.807) is 25.8 Å². The van der Waals surface area contributed by atoms with Gasteiger partial charge in [-0.1, -0.05) is 6.07 Å². The zero-order valence-corrected chi connectivity index (χ0v) is 11.7. The number of hydrogen-bond acceptors (Lipinski definition) is 4. The zero-order valence-electron chi connectivity index (χ0n) is 10.9. The van der Waals surface area contributed by atoms with Gasteiger partial charge in [-0.3, -0.25) is 0 Å². The molecule has 1 aromatic carbocycles. The van der Waals surface area contributed by atoms with Gasteiger partial charge in [0, 0.05) is 17.5 Å². The van der Waals surface area contributed by atoms with Gasteiger partial charge in [0.1, 0.15) is 5.75 Å². The first-order valence-corrected chi connectivity index (χ1v) is 6.94. The van der Waals surface area contributed by atoms with Crippen LogP contribution in [0, 0.1) is 0 Å². The molecule has 17 heavy (non-hydrogen) atoms. The zero-order chi connectivity index (χ0) is 12.8. The van der Waals surface area contributed by atoms with Crippen molar-refractivity contribution in [2.75, 3.05) is 19.9 Å². The van der Waals surface area contributed by atoms with Crippen LogP contribution in [0.5, 0.6) is 5.75 Å². The fraction of sp³-hybridized carbons (Fsp3) is 0.538. The van der Waals surface area contributed by atoms with Crippen LogP contribution in [-0.4, -0.2) is 31.1 Å². The summed E-state index contributed by atoms with van der Waals surface area (Å²) in [6, 6.07) is 6.41. The first kappa shape index (κ1) is 14.4. The van der Waals surface area contributed by atoms with E-state index in [9.17, 15) is 5.11 Å². The van der Waals surface area contributed by atoms with Crippen molar-refractivity contribution in [2.24, 2.45) is 0 Å². The van der Waals surface area contributed by atoms with Crippen molar-refractivity contribution in [1.29, 1.82) is 0 Å². The maximum Gasteiger partial charge on any atom is 0.132 e. The molecule has 0 spiro atoms. The maximum atomic E-state index is 9.24. The fourth-order valence-electron chi connectivity index (χ4n) is 1.59. The molecular weight excluding hydrogens is 234 g/mol. The van der Waals surface area contributed by atoms with Crippen LogP contribution in [0.2, 0.25) is 0 Å². The van der Waals surface area contributed by atoms with Gasteiger partial charge in [-0.15, -0.1) is 11.8 Å². The molecule has 0 amide bonds. The fourth-order valence-corrected chi connectivity index (χ4v) is 2.13. The van der Waals surface area contributed by atoms with Gasteiger partial charge < -0.3 is 15.2 Å². The molecule has 2 atom stereocenters. The number of aliphatic hydroxyl groups is 1. The van der Waals surface area contributed by atoms with E-state index < -0.39 is 0 Å². The molecule has 4 heteroatoms. The Morgan fingerprint density at radius 2 is 2.12 bits per heavy atom. The predicted molar refractivity (Wildman–Crippen MR) is 72.9 cm³/mol. The third-order valence-electron chi connectivity index (χ3n) is 2.63. The van der Waals surface area contributed by atoms with Crippen molar-refractivity contribution < 1.29 is 9.84 Å². The van der Waals surface area contributed by atoms with Crippen molar-refractivity contribution in [3.63, 3.8) is 0 Å². The largest absolute Gasteiger partial charge is 0.496 e. The topological polar surface area (TPSA) is 41.5 Å². The van der Waals surface area contributed by atoms with Crippen LogP contribution in [0.15, 0.2) is 23.1 Å². The summed E-state index contributed by atoms with van der Waals surface area (Å²) in [5.74, 6) is 0.903. The molecule has 1 rings (SSSR count). The Balaban J connectivity index is 2.77. The molecule has 0 aliphatic carbocycles.